The molecule has 0 aromatic carbocycles. The van der Waals surface area contributed by atoms with Crippen molar-refractivity contribution in [2.45, 2.75) is 77.2 Å². The molecule has 0 bridgehead atoms. The molecule has 2 fully saturated rings. The summed E-state index contributed by atoms with van der Waals surface area (Å²) in [5.41, 5.74) is 0. The standard InChI is InChI=1S/C15H26O5/c1-5-14(6-2)17-9-11(19-14)13(16)12-10-18-15(7-3,8-4)20-12/h11-12H,5-10H2,1-4H3/t11-,12-/m0/s1. The lowest BCUT2D eigenvalue weighted by Crippen LogP contribution is -2.39. The Morgan fingerprint density at radius 1 is 0.850 bits per heavy atom. The van der Waals surface area contributed by atoms with E-state index in [-0.39, 0.29) is 5.78 Å². The summed E-state index contributed by atoms with van der Waals surface area (Å²) < 4.78 is 23.1. The molecule has 5 nitrogen and oxygen atoms in total. The van der Waals surface area contributed by atoms with Crippen molar-refractivity contribution in [3.8, 4) is 0 Å². The monoisotopic (exact) mass is 286 g/mol. The first-order chi connectivity index (χ1) is 9.53. The van der Waals surface area contributed by atoms with E-state index in [0.29, 0.717) is 13.2 Å². The number of ketones is 1. The molecule has 0 spiro atoms. The first-order valence-corrected chi connectivity index (χ1v) is 7.71. The van der Waals surface area contributed by atoms with Crippen molar-refractivity contribution >= 4 is 5.78 Å². The Balaban J connectivity index is 1.97. The summed E-state index contributed by atoms with van der Waals surface area (Å²) in [5, 5.41) is 0. The minimum atomic E-state index is -0.605. The van der Waals surface area contributed by atoms with Gasteiger partial charge >= 0.3 is 0 Å². The van der Waals surface area contributed by atoms with Crippen molar-refractivity contribution in [2.24, 2.45) is 0 Å². The van der Waals surface area contributed by atoms with Crippen LogP contribution < -0.4 is 0 Å². The Morgan fingerprint density at radius 2 is 1.20 bits per heavy atom. The molecule has 2 rings (SSSR count). The lowest BCUT2D eigenvalue weighted by atomic mass is 10.1. The summed E-state index contributed by atoms with van der Waals surface area (Å²) in [7, 11) is 0. The van der Waals surface area contributed by atoms with E-state index in [9.17, 15) is 4.79 Å². The predicted molar refractivity (Wildman–Crippen MR) is 73.3 cm³/mol. The van der Waals surface area contributed by atoms with Crippen LogP contribution in [0.3, 0.4) is 0 Å². The number of rotatable bonds is 6. The van der Waals surface area contributed by atoms with Crippen molar-refractivity contribution in [3.05, 3.63) is 0 Å². The predicted octanol–water partition coefficient (Wildman–Crippen LogP) is 2.42. The van der Waals surface area contributed by atoms with E-state index in [1.54, 1.807) is 0 Å². The van der Waals surface area contributed by atoms with E-state index < -0.39 is 23.8 Å². The van der Waals surface area contributed by atoms with Crippen molar-refractivity contribution in [2.75, 3.05) is 13.2 Å². The topological polar surface area (TPSA) is 54.0 Å². The summed E-state index contributed by atoms with van der Waals surface area (Å²) in [6.07, 6.45) is 1.89. The van der Waals surface area contributed by atoms with E-state index in [1.165, 1.54) is 0 Å². The lowest BCUT2D eigenvalue weighted by Gasteiger charge is -2.26. The van der Waals surface area contributed by atoms with Gasteiger partial charge < -0.3 is 18.9 Å². The molecule has 0 amide bonds. The zero-order valence-corrected chi connectivity index (χ0v) is 12.9. The van der Waals surface area contributed by atoms with Crippen LogP contribution in [0, 0.1) is 0 Å². The number of hydrogen-bond donors (Lipinski definition) is 0. The molecule has 2 atom stereocenters. The second-order valence-electron chi connectivity index (χ2n) is 5.47. The van der Waals surface area contributed by atoms with Gasteiger partial charge in [-0.05, 0) is 25.7 Å². The van der Waals surface area contributed by atoms with Gasteiger partial charge in [-0.1, -0.05) is 27.7 Å². The van der Waals surface area contributed by atoms with Gasteiger partial charge in [0.2, 0.25) is 0 Å². The first-order valence-electron chi connectivity index (χ1n) is 7.71. The Morgan fingerprint density at radius 3 is 1.45 bits per heavy atom. The van der Waals surface area contributed by atoms with Crippen molar-refractivity contribution in [3.63, 3.8) is 0 Å². The highest BCUT2D eigenvalue weighted by Gasteiger charge is 2.48. The highest BCUT2D eigenvalue weighted by Crippen LogP contribution is 2.34. The molecule has 0 aliphatic carbocycles. The van der Waals surface area contributed by atoms with Crippen LogP contribution in [0.5, 0.6) is 0 Å². The Labute approximate surface area is 120 Å². The molecule has 0 N–H and O–H groups in total. The van der Waals surface area contributed by atoms with Gasteiger partial charge in [0.1, 0.15) is 12.2 Å². The second-order valence-corrected chi connectivity index (χ2v) is 5.47. The van der Waals surface area contributed by atoms with E-state index in [0.717, 1.165) is 25.7 Å². The maximum Gasteiger partial charge on any atom is 0.195 e. The van der Waals surface area contributed by atoms with E-state index in [1.807, 2.05) is 27.7 Å². The van der Waals surface area contributed by atoms with Crippen LogP contribution in [0.1, 0.15) is 53.4 Å². The summed E-state index contributed by atoms with van der Waals surface area (Å²) in [6.45, 7) is 8.64. The zero-order valence-electron chi connectivity index (χ0n) is 12.9. The van der Waals surface area contributed by atoms with Crippen LogP contribution >= 0.6 is 0 Å². The fraction of sp³-hybridized carbons (Fsp3) is 0.933. The van der Waals surface area contributed by atoms with Gasteiger partial charge in [-0.15, -0.1) is 0 Å². The normalized spacial score (nSPS) is 31.6. The number of carbonyl (C=O) groups excluding carboxylic acids is 1. The molecular weight excluding hydrogens is 260 g/mol. The first kappa shape index (κ1) is 15.9. The van der Waals surface area contributed by atoms with Crippen LogP contribution in [0.2, 0.25) is 0 Å². The number of Topliss-reactive ketones (excluding diaryl/α,β-unsaturated/α-hetero) is 1. The maximum absolute atomic E-state index is 12.5. The summed E-state index contributed by atoms with van der Waals surface area (Å²) in [4.78, 5) is 12.5. The molecule has 2 aliphatic rings. The smallest absolute Gasteiger partial charge is 0.195 e. The molecule has 0 unspecified atom stereocenters. The minimum absolute atomic E-state index is 0.0578. The van der Waals surface area contributed by atoms with Crippen molar-refractivity contribution < 1.29 is 23.7 Å². The van der Waals surface area contributed by atoms with Crippen LogP contribution in [0.15, 0.2) is 0 Å². The van der Waals surface area contributed by atoms with Gasteiger partial charge in [-0.25, -0.2) is 0 Å². The molecule has 2 saturated heterocycles. The van der Waals surface area contributed by atoms with Gasteiger partial charge in [0.05, 0.1) is 13.2 Å². The van der Waals surface area contributed by atoms with Gasteiger partial charge in [0.15, 0.2) is 17.4 Å². The Hall–Kier alpha value is -0.490. The number of ether oxygens (including phenoxy) is 4. The number of hydrogen-bond acceptors (Lipinski definition) is 5. The van der Waals surface area contributed by atoms with Crippen molar-refractivity contribution in [1.29, 1.82) is 0 Å². The van der Waals surface area contributed by atoms with Gasteiger partial charge in [-0.3, -0.25) is 4.79 Å². The summed E-state index contributed by atoms with van der Waals surface area (Å²) in [5.74, 6) is -1.27. The lowest BCUT2D eigenvalue weighted by molar-refractivity contribution is -0.188. The average Bonchev–Trinajstić information content (AvgIpc) is 3.12. The van der Waals surface area contributed by atoms with Crippen molar-refractivity contribution in [1.82, 2.24) is 0 Å². The minimum Gasteiger partial charge on any atom is -0.347 e. The highest BCUT2D eigenvalue weighted by molar-refractivity contribution is 5.88. The van der Waals surface area contributed by atoms with Crippen LogP contribution in [-0.2, 0) is 23.7 Å². The van der Waals surface area contributed by atoms with Gasteiger partial charge in [-0.2, -0.15) is 0 Å². The molecular formula is C15H26O5. The molecule has 2 heterocycles. The average molecular weight is 286 g/mol. The quantitative estimate of drug-likeness (QED) is 0.750. The molecule has 2 aliphatic heterocycles. The highest BCUT2D eigenvalue weighted by atomic mass is 16.8. The fourth-order valence-corrected chi connectivity index (χ4v) is 2.84. The maximum atomic E-state index is 12.5. The van der Waals surface area contributed by atoms with E-state index in [4.69, 9.17) is 18.9 Å². The molecule has 0 saturated carbocycles. The third kappa shape index (κ3) is 2.77. The number of carbonyl (C=O) groups is 1. The molecule has 20 heavy (non-hydrogen) atoms. The molecule has 116 valence electrons. The van der Waals surface area contributed by atoms with E-state index in [2.05, 4.69) is 0 Å². The molecule has 5 heteroatoms. The third-order valence-corrected chi connectivity index (χ3v) is 4.50. The van der Waals surface area contributed by atoms with Crippen LogP contribution in [0.25, 0.3) is 0 Å². The van der Waals surface area contributed by atoms with Gasteiger partial charge in [0, 0.05) is 0 Å². The van der Waals surface area contributed by atoms with Crippen LogP contribution in [-0.4, -0.2) is 42.8 Å². The molecule has 0 aromatic rings. The molecule has 0 radical (unpaired) electrons. The Kier molecular flexibility index (Phi) is 4.84. The van der Waals surface area contributed by atoms with Crippen LogP contribution in [0.4, 0.5) is 0 Å². The zero-order chi connectivity index (χ0) is 14.8. The Bertz CT molecular complexity index is 314. The fourth-order valence-electron chi connectivity index (χ4n) is 2.84. The third-order valence-electron chi connectivity index (χ3n) is 4.50. The second kappa shape index (κ2) is 6.10. The molecule has 0 aromatic heterocycles. The van der Waals surface area contributed by atoms with Gasteiger partial charge in [0.25, 0.3) is 0 Å². The summed E-state index contributed by atoms with van der Waals surface area (Å²) in [6, 6.07) is 0. The SMILES string of the molecule is CCC1(CC)OC[C@@H](C(=O)[C@@H]2COC(CC)(CC)O2)O1. The summed E-state index contributed by atoms with van der Waals surface area (Å²) >= 11 is 0. The van der Waals surface area contributed by atoms with E-state index >= 15 is 0 Å². The largest absolute Gasteiger partial charge is 0.347 e.